The van der Waals surface area contributed by atoms with Gasteiger partial charge < -0.3 is 9.88 Å². The second-order valence-electron chi connectivity index (χ2n) is 6.75. The summed E-state index contributed by atoms with van der Waals surface area (Å²) in [6, 6.07) is 10.3. The van der Waals surface area contributed by atoms with Gasteiger partial charge >= 0.3 is 0 Å². The van der Waals surface area contributed by atoms with Crippen molar-refractivity contribution in [2.75, 3.05) is 6.54 Å². The lowest BCUT2D eigenvalue weighted by atomic mass is 10.00. The van der Waals surface area contributed by atoms with E-state index in [2.05, 4.69) is 34.3 Å². The maximum Gasteiger partial charge on any atom is 0.235 e. The first-order chi connectivity index (χ1) is 12.1. The molecule has 0 bridgehead atoms. The number of carbonyl (C=O) groups is 1. The lowest BCUT2D eigenvalue weighted by Crippen LogP contribution is -2.48. The zero-order valence-corrected chi connectivity index (χ0v) is 14.9. The van der Waals surface area contributed by atoms with Gasteiger partial charge in [0, 0.05) is 6.54 Å². The number of nitriles is 1. The van der Waals surface area contributed by atoms with Crippen molar-refractivity contribution in [3.05, 3.63) is 30.1 Å². The van der Waals surface area contributed by atoms with Crippen LogP contribution in [0.1, 0.15) is 51.4 Å². The largest absolute Gasteiger partial charge is 0.337 e. The minimum atomic E-state index is -0.668. The van der Waals surface area contributed by atoms with Crippen molar-refractivity contribution in [1.82, 2.24) is 20.2 Å². The number of aryl methyl sites for hydroxylation is 1. The summed E-state index contributed by atoms with van der Waals surface area (Å²) < 4.78 is 2.17. The molecule has 2 N–H and O–H groups in total. The molecule has 3 rings (SSSR count). The molecule has 1 aromatic heterocycles. The molecular weight excluding hydrogens is 314 g/mol. The Morgan fingerprint density at radius 3 is 2.80 bits per heavy atom. The number of carbonyl (C=O) groups excluding carboxylic acids is 1. The van der Waals surface area contributed by atoms with Gasteiger partial charge in [0.05, 0.1) is 29.7 Å². The van der Waals surface area contributed by atoms with Crippen LogP contribution < -0.4 is 10.6 Å². The summed E-state index contributed by atoms with van der Waals surface area (Å²) in [5.74, 6) is 0.793. The minimum Gasteiger partial charge on any atom is -0.337 e. The molecule has 2 aromatic rings. The predicted octanol–water partition coefficient (Wildman–Crippen LogP) is 2.66. The van der Waals surface area contributed by atoms with Crippen LogP contribution in [0.2, 0.25) is 0 Å². The van der Waals surface area contributed by atoms with Crippen molar-refractivity contribution in [3.8, 4) is 6.07 Å². The van der Waals surface area contributed by atoms with E-state index in [1.165, 1.54) is 0 Å². The molecule has 1 atom stereocenters. The SMILES string of the molecule is CCn1c([C@@H](C)NCC(=O)NC2(C#N)CCCC2)nc2ccccc21. The number of hydrogen-bond donors (Lipinski definition) is 2. The Balaban J connectivity index is 1.66. The van der Waals surface area contributed by atoms with Crippen LogP contribution in [0.4, 0.5) is 0 Å². The molecule has 0 spiro atoms. The van der Waals surface area contributed by atoms with Gasteiger partial charge in [-0.25, -0.2) is 4.98 Å². The molecule has 1 aliphatic carbocycles. The number of benzene rings is 1. The minimum absolute atomic E-state index is 0.0558. The van der Waals surface area contributed by atoms with Gasteiger partial charge in [-0.05, 0) is 51.7 Å². The Morgan fingerprint density at radius 1 is 1.40 bits per heavy atom. The van der Waals surface area contributed by atoms with Crippen molar-refractivity contribution in [1.29, 1.82) is 5.26 Å². The van der Waals surface area contributed by atoms with Gasteiger partial charge in [0.25, 0.3) is 0 Å². The molecule has 0 aliphatic heterocycles. The summed E-state index contributed by atoms with van der Waals surface area (Å²) in [6.45, 7) is 5.10. The summed E-state index contributed by atoms with van der Waals surface area (Å²) in [5, 5.41) is 15.5. The van der Waals surface area contributed by atoms with Crippen LogP contribution in [0.3, 0.4) is 0 Å². The van der Waals surface area contributed by atoms with E-state index in [1.54, 1.807) is 0 Å². The van der Waals surface area contributed by atoms with Gasteiger partial charge in [-0.15, -0.1) is 0 Å². The average Bonchev–Trinajstić information content (AvgIpc) is 3.24. The number of nitrogens with one attached hydrogen (secondary N) is 2. The van der Waals surface area contributed by atoms with Crippen LogP contribution in [0, 0.1) is 11.3 Å². The second kappa shape index (κ2) is 7.24. The van der Waals surface area contributed by atoms with Gasteiger partial charge in [0.15, 0.2) is 0 Å². The van der Waals surface area contributed by atoms with E-state index in [1.807, 2.05) is 25.1 Å². The molecule has 1 saturated carbocycles. The first-order valence-electron chi connectivity index (χ1n) is 8.99. The summed E-state index contributed by atoms with van der Waals surface area (Å²) in [4.78, 5) is 17.0. The maximum absolute atomic E-state index is 12.3. The smallest absolute Gasteiger partial charge is 0.235 e. The highest BCUT2D eigenvalue weighted by atomic mass is 16.2. The van der Waals surface area contributed by atoms with Gasteiger partial charge in [0.1, 0.15) is 11.4 Å². The number of fused-ring (bicyclic) bond motifs is 1. The Labute approximate surface area is 148 Å². The number of rotatable bonds is 6. The maximum atomic E-state index is 12.3. The van der Waals surface area contributed by atoms with Crippen molar-refractivity contribution >= 4 is 16.9 Å². The van der Waals surface area contributed by atoms with E-state index in [-0.39, 0.29) is 18.5 Å². The number of para-hydroxylation sites is 2. The van der Waals surface area contributed by atoms with Gasteiger partial charge in [-0.3, -0.25) is 10.1 Å². The number of nitrogens with zero attached hydrogens (tertiary/aromatic N) is 3. The molecule has 0 saturated heterocycles. The third-order valence-corrected chi connectivity index (χ3v) is 5.01. The molecule has 6 nitrogen and oxygen atoms in total. The standard InChI is InChI=1S/C19H25N5O/c1-3-24-16-9-5-4-8-15(16)22-18(24)14(2)21-12-17(25)23-19(13-20)10-6-7-11-19/h4-5,8-9,14,21H,3,6-7,10-12H2,1-2H3,(H,23,25)/t14-/m1/s1. The molecule has 1 heterocycles. The van der Waals surface area contributed by atoms with Gasteiger partial charge in [-0.2, -0.15) is 5.26 Å². The third-order valence-electron chi connectivity index (χ3n) is 5.01. The van der Waals surface area contributed by atoms with Crippen LogP contribution >= 0.6 is 0 Å². The van der Waals surface area contributed by atoms with E-state index in [9.17, 15) is 10.1 Å². The van der Waals surface area contributed by atoms with Crippen LogP contribution in [-0.2, 0) is 11.3 Å². The first kappa shape index (κ1) is 17.4. The fourth-order valence-electron chi connectivity index (χ4n) is 3.65. The number of imidazole rings is 1. The van der Waals surface area contributed by atoms with Crippen molar-refractivity contribution in [2.24, 2.45) is 0 Å². The Kier molecular flexibility index (Phi) is 5.05. The van der Waals surface area contributed by atoms with E-state index in [0.717, 1.165) is 49.1 Å². The number of amides is 1. The molecule has 25 heavy (non-hydrogen) atoms. The fraction of sp³-hybridized carbons (Fsp3) is 0.526. The topological polar surface area (TPSA) is 82.7 Å². The zero-order valence-electron chi connectivity index (χ0n) is 14.9. The van der Waals surface area contributed by atoms with E-state index < -0.39 is 5.54 Å². The highest BCUT2D eigenvalue weighted by molar-refractivity contribution is 5.79. The van der Waals surface area contributed by atoms with Gasteiger partial charge in [-0.1, -0.05) is 12.1 Å². The second-order valence-corrected chi connectivity index (χ2v) is 6.75. The normalized spacial score (nSPS) is 17.3. The quantitative estimate of drug-likeness (QED) is 0.847. The summed E-state index contributed by atoms with van der Waals surface area (Å²) in [7, 11) is 0. The molecule has 1 amide bonds. The lowest BCUT2D eigenvalue weighted by Gasteiger charge is -2.23. The molecule has 6 heteroatoms. The highest BCUT2D eigenvalue weighted by Crippen LogP contribution is 2.28. The number of hydrogen-bond acceptors (Lipinski definition) is 4. The molecule has 1 aromatic carbocycles. The van der Waals surface area contributed by atoms with Crippen molar-refractivity contribution in [2.45, 2.75) is 57.7 Å². The third kappa shape index (κ3) is 3.52. The Hall–Kier alpha value is -2.39. The van der Waals surface area contributed by atoms with Crippen molar-refractivity contribution < 1.29 is 4.79 Å². The first-order valence-corrected chi connectivity index (χ1v) is 8.99. The van der Waals surface area contributed by atoms with E-state index in [0.29, 0.717) is 0 Å². The zero-order chi connectivity index (χ0) is 17.9. The van der Waals surface area contributed by atoms with Crippen LogP contribution in [0.25, 0.3) is 11.0 Å². The fourth-order valence-corrected chi connectivity index (χ4v) is 3.65. The predicted molar refractivity (Wildman–Crippen MR) is 96.8 cm³/mol. The Bertz CT molecular complexity index is 798. The molecule has 1 aliphatic rings. The molecular formula is C19H25N5O. The highest BCUT2D eigenvalue weighted by Gasteiger charge is 2.35. The lowest BCUT2D eigenvalue weighted by molar-refractivity contribution is -0.121. The van der Waals surface area contributed by atoms with E-state index >= 15 is 0 Å². The van der Waals surface area contributed by atoms with Crippen LogP contribution in [0.15, 0.2) is 24.3 Å². The average molecular weight is 339 g/mol. The monoisotopic (exact) mass is 339 g/mol. The summed E-state index contributed by atoms with van der Waals surface area (Å²) in [6.07, 6.45) is 3.49. The van der Waals surface area contributed by atoms with Crippen LogP contribution in [0.5, 0.6) is 0 Å². The summed E-state index contributed by atoms with van der Waals surface area (Å²) >= 11 is 0. The molecule has 132 valence electrons. The van der Waals surface area contributed by atoms with Crippen molar-refractivity contribution in [3.63, 3.8) is 0 Å². The molecule has 1 fully saturated rings. The Morgan fingerprint density at radius 2 is 2.12 bits per heavy atom. The van der Waals surface area contributed by atoms with Crippen LogP contribution in [-0.4, -0.2) is 27.5 Å². The number of aromatic nitrogens is 2. The van der Waals surface area contributed by atoms with Gasteiger partial charge in [0.2, 0.25) is 5.91 Å². The van der Waals surface area contributed by atoms with E-state index in [4.69, 9.17) is 4.98 Å². The molecule has 0 radical (unpaired) electrons. The molecule has 0 unspecified atom stereocenters. The summed E-state index contributed by atoms with van der Waals surface area (Å²) in [5.41, 5.74) is 1.40.